The third kappa shape index (κ3) is 9.95. The number of halogens is 1. The van der Waals surface area contributed by atoms with Crippen molar-refractivity contribution >= 4 is 40.3 Å². The van der Waals surface area contributed by atoms with E-state index in [0.717, 1.165) is 32.1 Å². The van der Waals surface area contributed by atoms with Crippen LogP contribution >= 0.6 is 11.6 Å². The first-order valence-electron chi connectivity index (χ1n) is 16.1. The Balaban J connectivity index is 1.65. The van der Waals surface area contributed by atoms with Crippen molar-refractivity contribution in [3.05, 3.63) is 100 Å². The molecule has 7 nitrogen and oxygen atoms in total. The van der Waals surface area contributed by atoms with E-state index in [1.54, 1.807) is 50.2 Å². The molecule has 8 heteroatoms. The highest BCUT2D eigenvalue weighted by atomic mass is 35.5. The lowest BCUT2D eigenvalue weighted by Crippen LogP contribution is -2.21. The van der Waals surface area contributed by atoms with Crippen molar-refractivity contribution in [2.75, 3.05) is 7.11 Å². The van der Waals surface area contributed by atoms with Crippen LogP contribution in [0.3, 0.4) is 0 Å². The second kappa shape index (κ2) is 18.8. The zero-order valence-electron chi connectivity index (χ0n) is 27.4. The van der Waals surface area contributed by atoms with Crippen LogP contribution in [-0.4, -0.2) is 34.6 Å². The quantitative estimate of drug-likeness (QED) is 0.0839. The van der Waals surface area contributed by atoms with Crippen LogP contribution in [0.2, 0.25) is 5.02 Å². The van der Waals surface area contributed by atoms with Crippen LogP contribution < -0.4 is 4.74 Å². The molecule has 0 bridgehead atoms. The van der Waals surface area contributed by atoms with Crippen molar-refractivity contribution in [1.82, 2.24) is 4.57 Å². The Kier molecular flexibility index (Phi) is 14.8. The zero-order chi connectivity index (χ0) is 33.5. The Bertz CT molecular complexity index is 1560. The number of carboxylic acid groups (broad SMARTS) is 1. The Morgan fingerprint density at radius 1 is 0.870 bits per heavy atom. The highest BCUT2D eigenvalue weighted by Gasteiger charge is 2.33. The van der Waals surface area contributed by atoms with E-state index in [1.165, 1.54) is 30.9 Å². The highest BCUT2D eigenvalue weighted by molar-refractivity contribution is 6.30. The maximum atomic E-state index is 13.7. The summed E-state index contributed by atoms with van der Waals surface area (Å²) in [7, 11) is 1.52. The van der Waals surface area contributed by atoms with Gasteiger partial charge in [-0.25, -0.2) is 4.79 Å². The maximum absolute atomic E-state index is 13.7. The number of unbranched alkanes of at least 4 members (excludes halogenated alkanes) is 5. The Morgan fingerprint density at radius 3 is 2.07 bits per heavy atom. The fourth-order valence-corrected chi connectivity index (χ4v) is 5.58. The molecule has 0 saturated carbocycles. The summed E-state index contributed by atoms with van der Waals surface area (Å²) < 4.78 is 12.5. The van der Waals surface area contributed by atoms with Gasteiger partial charge in [-0.3, -0.25) is 14.2 Å². The number of methoxy groups -OCH3 is 1. The number of hydrogen-bond acceptors (Lipinski definition) is 5. The zero-order valence-corrected chi connectivity index (χ0v) is 28.1. The van der Waals surface area contributed by atoms with Crippen LogP contribution in [0.1, 0.15) is 104 Å². The smallest absolute Gasteiger partial charge is 0.349 e. The molecule has 1 heterocycles. The molecule has 0 saturated heterocycles. The first kappa shape index (κ1) is 36.4. The molecule has 246 valence electrons. The van der Waals surface area contributed by atoms with E-state index in [4.69, 9.17) is 21.1 Å². The number of allylic oxidation sites excluding steroid dienone is 6. The molecule has 3 rings (SSSR count). The Morgan fingerprint density at radius 2 is 1.48 bits per heavy atom. The number of carbonyl (C=O) groups excluding carboxylic acids is 2. The van der Waals surface area contributed by atoms with Crippen LogP contribution in [0.5, 0.6) is 5.75 Å². The predicted octanol–water partition coefficient (Wildman–Crippen LogP) is 9.87. The molecule has 0 spiro atoms. The summed E-state index contributed by atoms with van der Waals surface area (Å²) >= 11 is 6.03. The van der Waals surface area contributed by atoms with Gasteiger partial charge in [0.1, 0.15) is 5.75 Å². The summed E-state index contributed by atoms with van der Waals surface area (Å²) in [6.07, 6.45) is 20.4. The van der Waals surface area contributed by atoms with Crippen molar-refractivity contribution in [2.24, 2.45) is 0 Å². The highest BCUT2D eigenvalue weighted by Crippen LogP contribution is 2.39. The molecule has 1 atom stereocenters. The molecule has 0 fully saturated rings. The van der Waals surface area contributed by atoms with Crippen LogP contribution in [0.4, 0.5) is 0 Å². The van der Waals surface area contributed by atoms with Gasteiger partial charge in [0.25, 0.3) is 5.91 Å². The third-order valence-corrected chi connectivity index (χ3v) is 8.15. The van der Waals surface area contributed by atoms with E-state index >= 15 is 0 Å². The van der Waals surface area contributed by atoms with Gasteiger partial charge < -0.3 is 14.6 Å². The number of aromatic nitrogens is 1. The summed E-state index contributed by atoms with van der Waals surface area (Å²) in [4.78, 5) is 39.1. The molecule has 1 aromatic heterocycles. The molecule has 2 aromatic carbocycles. The van der Waals surface area contributed by atoms with Gasteiger partial charge in [0.15, 0.2) is 0 Å². The topological polar surface area (TPSA) is 94.8 Å². The van der Waals surface area contributed by atoms with Crippen LogP contribution in [-0.2, 0) is 14.3 Å². The van der Waals surface area contributed by atoms with Crippen LogP contribution in [0, 0.1) is 13.8 Å². The van der Waals surface area contributed by atoms with Gasteiger partial charge in [0, 0.05) is 39.2 Å². The number of esters is 1. The molecule has 1 unspecified atom stereocenters. The normalized spacial score (nSPS) is 12.5. The van der Waals surface area contributed by atoms with Gasteiger partial charge >= 0.3 is 11.9 Å². The van der Waals surface area contributed by atoms with E-state index < -0.39 is 18.0 Å². The summed E-state index contributed by atoms with van der Waals surface area (Å²) in [5.74, 6) is -1.76. The lowest BCUT2D eigenvalue weighted by molar-refractivity contribution is -0.164. The van der Waals surface area contributed by atoms with E-state index in [9.17, 15) is 19.5 Å². The molecule has 1 N–H and O–H groups in total. The Labute approximate surface area is 277 Å². The summed E-state index contributed by atoms with van der Waals surface area (Å²) in [5.41, 5.74) is 2.13. The summed E-state index contributed by atoms with van der Waals surface area (Å²) in [5, 5.41) is 11.2. The second-order valence-electron chi connectivity index (χ2n) is 11.3. The largest absolute Gasteiger partial charge is 0.496 e. The van der Waals surface area contributed by atoms with Gasteiger partial charge in [-0.2, -0.15) is 0 Å². The summed E-state index contributed by atoms with van der Waals surface area (Å²) in [6.45, 7) is 5.66. The fraction of sp³-hybridized carbons (Fsp3) is 0.395. The van der Waals surface area contributed by atoms with E-state index in [2.05, 4.69) is 43.4 Å². The molecule has 0 aliphatic heterocycles. The van der Waals surface area contributed by atoms with Crippen molar-refractivity contribution in [1.29, 1.82) is 0 Å². The summed E-state index contributed by atoms with van der Waals surface area (Å²) in [6, 6.07) is 9.91. The van der Waals surface area contributed by atoms with Gasteiger partial charge in [-0.15, -0.1) is 0 Å². The van der Waals surface area contributed by atoms with Crippen LogP contribution in [0.15, 0.2) is 72.9 Å². The van der Waals surface area contributed by atoms with Gasteiger partial charge in [-0.1, -0.05) is 67.8 Å². The molecule has 46 heavy (non-hydrogen) atoms. The number of carboxylic acids is 1. The molecule has 0 aliphatic rings. The average Bonchev–Trinajstić information content (AvgIpc) is 3.33. The second-order valence-corrected chi connectivity index (χ2v) is 11.7. The minimum absolute atomic E-state index is 0.0891. The molecule has 0 radical (unpaired) electrons. The fourth-order valence-electron chi connectivity index (χ4n) is 5.46. The molecule has 0 amide bonds. The number of aliphatic carboxylic acids is 1. The SMILES string of the molecule is CCCCC/C=C\C/C=C\C/C=C\CCCCC(=O)OC(C(=O)O)c1c(C)n(C(=O)c2ccc(Cl)cc2)c2ccc(OC)c(C)c12. The number of fused-ring (bicyclic) bond motifs is 1. The van der Waals surface area contributed by atoms with Gasteiger partial charge in [0.05, 0.1) is 12.6 Å². The minimum Gasteiger partial charge on any atom is -0.496 e. The van der Waals surface area contributed by atoms with E-state index in [0.29, 0.717) is 44.9 Å². The van der Waals surface area contributed by atoms with E-state index in [-0.39, 0.29) is 17.9 Å². The molecule has 0 aliphatic carbocycles. The lowest BCUT2D eigenvalue weighted by atomic mass is 10.0. The number of rotatable bonds is 18. The number of benzene rings is 2. The van der Waals surface area contributed by atoms with Crippen molar-refractivity contribution < 1.29 is 29.0 Å². The Hall–Kier alpha value is -4.10. The molecular weight excluding hydrogens is 602 g/mol. The number of ether oxygens (including phenoxy) is 2. The number of hydrogen-bond donors (Lipinski definition) is 1. The lowest BCUT2D eigenvalue weighted by Gasteiger charge is -2.16. The predicted molar refractivity (Wildman–Crippen MR) is 185 cm³/mol. The standard InChI is InChI=1S/C38H46ClNO6/c1-5-6-7-8-9-10-11-12-13-14-15-16-17-18-19-20-33(41)46-36(38(43)44)35-28(3)40(37(42)29-21-23-30(39)24-22-29)31-25-26-32(45-4)27(2)34(31)35/h9-10,12-13,15-16,21-26,36H,5-8,11,14,17-20H2,1-4H3,(H,43,44)/b10-9-,13-12-,16-15-. The monoisotopic (exact) mass is 647 g/mol. The number of nitrogens with zero attached hydrogens (tertiary/aromatic N) is 1. The average molecular weight is 648 g/mol. The third-order valence-electron chi connectivity index (χ3n) is 7.90. The van der Waals surface area contributed by atoms with Crippen LogP contribution in [0.25, 0.3) is 10.9 Å². The van der Waals surface area contributed by atoms with Crippen molar-refractivity contribution in [3.63, 3.8) is 0 Å². The van der Waals surface area contributed by atoms with Gasteiger partial charge in [0.2, 0.25) is 6.10 Å². The van der Waals surface area contributed by atoms with Crippen molar-refractivity contribution in [3.8, 4) is 5.75 Å². The van der Waals surface area contributed by atoms with Gasteiger partial charge in [-0.05, 0) is 95.2 Å². The first-order chi connectivity index (χ1) is 22.2. The van der Waals surface area contributed by atoms with Crippen molar-refractivity contribution in [2.45, 2.75) is 91.1 Å². The number of carbonyl (C=O) groups is 3. The first-order valence-corrected chi connectivity index (χ1v) is 16.4. The minimum atomic E-state index is -1.60. The van der Waals surface area contributed by atoms with E-state index in [1.807, 2.05) is 0 Å². The number of aryl methyl sites for hydroxylation is 1. The molecule has 3 aromatic rings. The molecular formula is C38H46ClNO6. The maximum Gasteiger partial charge on any atom is 0.349 e.